The van der Waals surface area contributed by atoms with Gasteiger partial charge in [0.1, 0.15) is 11.6 Å². The van der Waals surface area contributed by atoms with E-state index in [1.54, 1.807) is 19.2 Å². The van der Waals surface area contributed by atoms with Crippen LogP contribution in [0, 0.1) is 11.7 Å². The highest BCUT2D eigenvalue weighted by molar-refractivity contribution is 5.94. The molecular weight excluding hydrogens is 415 g/mol. The number of hydrogen-bond donors (Lipinski definition) is 0. The van der Waals surface area contributed by atoms with Crippen LogP contribution in [0.2, 0.25) is 0 Å². The minimum atomic E-state index is -0.382. The molecule has 4 nitrogen and oxygen atoms in total. The molecule has 1 saturated heterocycles. The van der Waals surface area contributed by atoms with Gasteiger partial charge in [-0.25, -0.2) is 4.39 Å². The molecule has 0 N–H and O–H groups in total. The van der Waals surface area contributed by atoms with Crippen LogP contribution in [0.25, 0.3) is 0 Å². The number of hydrogen-bond acceptors (Lipinski definition) is 3. The number of benzene rings is 3. The Morgan fingerprint density at radius 3 is 2.64 bits per heavy atom. The predicted molar refractivity (Wildman–Crippen MR) is 127 cm³/mol. The Hall–Kier alpha value is -3.18. The Morgan fingerprint density at radius 1 is 1.00 bits per heavy atom. The summed E-state index contributed by atoms with van der Waals surface area (Å²) in [4.78, 5) is 17.6. The molecule has 0 saturated carbocycles. The van der Waals surface area contributed by atoms with E-state index in [4.69, 9.17) is 4.74 Å². The lowest BCUT2D eigenvalue weighted by Gasteiger charge is -2.32. The average molecular weight is 445 g/mol. The number of methoxy groups -OCH3 is 1. The first kappa shape index (κ1) is 21.7. The summed E-state index contributed by atoms with van der Waals surface area (Å²) in [7, 11) is 1.68. The van der Waals surface area contributed by atoms with Crippen LogP contribution < -0.4 is 4.74 Å². The van der Waals surface area contributed by atoms with Crippen molar-refractivity contribution in [3.63, 3.8) is 0 Å². The molecule has 5 rings (SSSR count). The molecule has 0 aromatic heterocycles. The Labute approximate surface area is 194 Å². The van der Waals surface area contributed by atoms with Gasteiger partial charge in [-0.15, -0.1) is 0 Å². The van der Waals surface area contributed by atoms with Crippen molar-refractivity contribution >= 4 is 5.91 Å². The van der Waals surface area contributed by atoms with Gasteiger partial charge in [-0.3, -0.25) is 9.69 Å². The standard InChI is InChI=1S/C28H29FN2O2/c1-33-26-11-5-8-21(15-26)27-19-31(28(32)22-9-4-10-25(29)14-22)18-24(27)17-30-13-12-20-6-2-3-7-23(20)16-30/h2-11,14-15,24,27H,12-13,16-19H2,1H3. The minimum absolute atomic E-state index is 0.103. The lowest BCUT2D eigenvalue weighted by molar-refractivity contribution is 0.0781. The monoisotopic (exact) mass is 444 g/mol. The van der Waals surface area contributed by atoms with E-state index in [1.807, 2.05) is 17.0 Å². The summed E-state index contributed by atoms with van der Waals surface area (Å²) in [5.74, 6) is 0.838. The molecule has 0 bridgehead atoms. The second-order valence-corrected chi connectivity index (χ2v) is 9.12. The van der Waals surface area contributed by atoms with Crippen molar-refractivity contribution in [3.05, 3.63) is 101 Å². The minimum Gasteiger partial charge on any atom is -0.497 e. The van der Waals surface area contributed by atoms with Gasteiger partial charge in [-0.2, -0.15) is 0 Å². The number of amides is 1. The van der Waals surface area contributed by atoms with Crippen LogP contribution in [0.15, 0.2) is 72.8 Å². The highest BCUT2D eigenvalue weighted by Gasteiger charge is 2.38. The summed E-state index contributed by atoms with van der Waals surface area (Å²) in [6.07, 6.45) is 1.05. The first-order valence-corrected chi connectivity index (χ1v) is 11.6. The van der Waals surface area contributed by atoms with E-state index in [-0.39, 0.29) is 17.6 Å². The van der Waals surface area contributed by atoms with Gasteiger partial charge in [-0.05, 0) is 59.4 Å². The zero-order chi connectivity index (χ0) is 22.8. The number of likely N-dealkylation sites (tertiary alicyclic amines) is 1. The molecule has 2 heterocycles. The number of ether oxygens (including phenoxy) is 1. The topological polar surface area (TPSA) is 32.8 Å². The highest BCUT2D eigenvalue weighted by atomic mass is 19.1. The molecule has 170 valence electrons. The van der Waals surface area contributed by atoms with Gasteiger partial charge in [0.25, 0.3) is 5.91 Å². The van der Waals surface area contributed by atoms with Crippen LogP contribution in [-0.4, -0.2) is 49.0 Å². The first-order valence-electron chi connectivity index (χ1n) is 11.6. The fourth-order valence-electron chi connectivity index (χ4n) is 5.32. The van der Waals surface area contributed by atoms with Crippen molar-refractivity contribution in [2.75, 3.05) is 33.3 Å². The third kappa shape index (κ3) is 4.64. The molecule has 33 heavy (non-hydrogen) atoms. The molecular formula is C28H29FN2O2. The summed E-state index contributed by atoms with van der Waals surface area (Å²) >= 11 is 0. The van der Waals surface area contributed by atoms with Gasteiger partial charge in [0, 0.05) is 44.2 Å². The highest BCUT2D eigenvalue weighted by Crippen LogP contribution is 2.36. The lowest BCUT2D eigenvalue weighted by Crippen LogP contribution is -2.37. The Kier molecular flexibility index (Phi) is 6.14. The van der Waals surface area contributed by atoms with Crippen LogP contribution in [0.3, 0.4) is 0 Å². The van der Waals surface area contributed by atoms with Crippen molar-refractivity contribution in [1.82, 2.24) is 9.80 Å². The normalized spacial score (nSPS) is 20.5. The Balaban J connectivity index is 1.39. The second kappa shape index (κ2) is 9.36. The molecule has 2 aliphatic heterocycles. The smallest absolute Gasteiger partial charge is 0.253 e. The van der Waals surface area contributed by atoms with Gasteiger partial charge >= 0.3 is 0 Å². The number of nitrogens with zero attached hydrogens (tertiary/aromatic N) is 2. The molecule has 1 amide bonds. The van der Waals surface area contributed by atoms with Crippen molar-refractivity contribution in [3.8, 4) is 5.75 Å². The van der Waals surface area contributed by atoms with E-state index in [1.165, 1.54) is 28.8 Å². The molecule has 2 aliphatic rings. The van der Waals surface area contributed by atoms with Gasteiger partial charge in [0.15, 0.2) is 0 Å². The summed E-state index contributed by atoms with van der Waals surface area (Å²) in [5.41, 5.74) is 4.43. The zero-order valence-electron chi connectivity index (χ0n) is 18.9. The third-order valence-corrected chi connectivity index (χ3v) is 7.02. The maximum absolute atomic E-state index is 13.8. The molecule has 0 aliphatic carbocycles. The fourth-order valence-corrected chi connectivity index (χ4v) is 5.32. The maximum atomic E-state index is 13.8. The van der Waals surface area contributed by atoms with E-state index in [2.05, 4.69) is 41.3 Å². The predicted octanol–water partition coefficient (Wildman–Crippen LogP) is 4.75. The Bertz CT molecular complexity index is 1150. The second-order valence-electron chi connectivity index (χ2n) is 9.12. The van der Waals surface area contributed by atoms with Crippen molar-refractivity contribution in [1.29, 1.82) is 0 Å². The maximum Gasteiger partial charge on any atom is 0.253 e. The van der Waals surface area contributed by atoms with E-state index in [9.17, 15) is 9.18 Å². The molecule has 1 fully saturated rings. The van der Waals surface area contributed by atoms with E-state index < -0.39 is 0 Å². The van der Waals surface area contributed by atoms with Crippen LogP contribution in [0.5, 0.6) is 5.75 Å². The van der Waals surface area contributed by atoms with E-state index >= 15 is 0 Å². The van der Waals surface area contributed by atoms with Crippen molar-refractivity contribution in [2.45, 2.75) is 18.9 Å². The van der Waals surface area contributed by atoms with Crippen molar-refractivity contribution < 1.29 is 13.9 Å². The average Bonchev–Trinajstić information content (AvgIpc) is 3.27. The van der Waals surface area contributed by atoms with Gasteiger partial charge in [0.05, 0.1) is 7.11 Å². The van der Waals surface area contributed by atoms with Crippen LogP contribution in [-0.2, 0) is 13.0 Å². The molecule has 3 aromatic carbocycles. The fraction of sp³-hybridized carbons (Fsp3) is 0.321. The Morgan fingerprint density at radius 2 is 1.82 bits per heavy atom. The lowest BCUT2D eigenvalue weighted by atomic mass is 9.87. The molecule has 2 atom stereocenters. The van der Waals surface area contributed by atoms with Crippen LogP contribution >= 0.6 is 0 Å². The number of fused-ring (bicyclic) bond motifs is 1. The number of carbonyl (C=O) groups excluding carboxylic acids is 1. The molecule has 3 aromatic rings. The van der Waals surface area contributed by atoms with Gasteiger partial charge < -0.3 is 9.64 Å². The van der Waals surface area contributed by atoms with Crippen LogP contribution in [0.1, 0.15) is 33.0 Å². The summed E-state index contributed by atoms with van der Waals surface area (Å²) in [6, 6.07) is 22.8. The number of halogens is 1. The van der Waals surface area contributed by atoms with Gasteiger partial charge in [-0.1, -0.05) is 42.5 Å². The summed E-state index contributed by atoms with van der Waals surface area (Å²) in [6.45, 7) is 4.17. The molecule has 0 spiro atoms. The van der Waals surface area contributed by atoms with E-state index in [0.717, 1.165) is 31.8 Å². The molecule has 5 heteroatoms. The molecule has 2 unspecified atom stereocenters. The first-order chi connectivity index (χ1) is 16.1. The number of rotatable bonds is 5. The SMILES string of the molecule is COc1cccc(C2CN(C(=O)c3cccc(F)c3)CC2CN2CCc3ccccc3C2)c1. The quantitative estimate of drug-likeness (QED) is 0.570. The van der Waals surface area contributed by atoms with Crippen molar-refractivity contribution in [2.24, 2.45) is 5.92 Å². The van der Waals surface area contributed by atoms with E-state index in [0.29, 0.717) is 24.6 Å². The largest absolute Gasteiger partial charge is 0.497 e. The number of carbonyl (C=O) groups is 1. The van der Waals surface area contributed by atoms with Crippen LogP contribution in [0.4, 0.5) is 4.39 Å². The third-order valence-electron chi connectivity index (χ3n) is 7.02. The van der Waals surface area contributed by atoms with Gasteiger partial charge in [0.2, 0.25) is 0 Å². The zero-order valence-corrected chi connectivity index (χ0v) is 18.9. The molecule has 0 radical (unpaired) electrons. The summed E-state index contributed by atoms with van der Waals surface area (Å²) < 4.78 is 19.2. The summed E-state index contributed by atoms with van der Waals surface area (Å²) in [5, 5.41) is 0.